The summed E-state index contributed by atoms with van der Waals surface area (Å²) in [5.74, 6) is 0.198. The second-order valence-corrected chi connectivity index (χ2v) is 3.31. The van der Waals surface area contributed by atoms with E-state index >= 15 is 0 Å². The summed E-state index contributed by atoms with van der Waals surface area (Å²) < 4.78 is 4.58. The molecular formula is C8H16N2O3. The van der Waals surface area contributed by atoms with E-state index in [4.69, 9.17) is 10.8 Å². The van der Waals surface area contributed by atoms with Crippen LogP contribution in [0.15, 0.2) is 0 Å². The smallest absolute Gasteiger partial charge is 0.409 e. The zero-order chi connectivity index (χ0) is 9.84. The van der Waals surface area contributed by atoms with Gasteiger partial charge in [-0.3, -0.25) is 0 Å². The van der Waals surface area contributed by atoms with Gasteiger partial charge in [-0.1, -0.05) is 0 Å². The number of carbonyl (C=O) groups is 1. The predicted octanol–water partition coefficient (Wildman–Crippen LogP) is -0.606. The second kappa shape index (κ2) is 4.43. The van der Waals surface area contributed by atoms with Crippen molar-refractivity contribution in [1.82, 2.24) is 4.90 Å². The third-order valence-electron chi connectivity index (χ3n) is 2.42. The molecule has 1 fully saturated rings. The first kappa shape index (κ1) is 10.3. The Morgan fingerprint density at radius 1 is 1.69 bits per heavy atom. The van der Waals surface area contributed by atoms with Crippen LogP contribution in [0.2, 0.25) is 0 Å². The van der Waals surface area contributed by atoms with Crippen LogP contribution in [-0.4, -0.2) is 48.9 Å². The highest BCUT2D eigenvalue weighted by Gasteiger charge is 2.32. The molecule has 1 heterocycles. The molecule has 2 unspecified atom stereocenters. The maximum atomic E-state index is 11.1. The van der Waals surface area contributed by atoms with Crippen molar-refractivity contribution in [2.24, 2.45) is 11.7 Å². The normalized spacial score (nSPS) is 27.8. The molecule has 0 spiro atoms. The van der Waals surface area contributed by atoms with E-state index in [0.29, 0.717) is 19.5 Å². The minimum absolute atomic E-state index is 0.0359. The molecule has 0 saturated carbocycles. The standard InChI is InChI=1S/C8H16N2O3/c1-13-8(12)10-4-6(2-3-11)7(9)5-10/h6-7,11H,2-5,9H2,1H3. The van der Waals surface area contributed by atoms with Crippen molar-refractivity contribution in [2.75, 3.05) is 26.8 Å². The number of ether oxygens (including phenoxy) is 1. The van der Waals surface area contributed by atoms with Gasteiger partial charge in [-0.15, -0.1) is 0 Å². The van der Waals surface area contributed by atoms with Crippen LogP contribution in [0.4, 0.5) is 4.79 Å². The van der Waals surface area contributed by atoms with E-state index in [0.717, 1.165) is 0 Å². The van der Waals surface area contributed by atoms with Gasteiger partial charge in [0.2, 0.25) is 0 Å². The van der Waals surface area contributed by atoms with Gasteiger partial charge in [0, 0.05) is 25.7 Å². The summed E-state index contributed by atoms with van der Waals surface area (Å²) in [6.45, 7) is 1.24. The van der Waals surface area contributed by atoms with Crippen molar-refractivity contribution >= 4 is 6.09 Å². The van der Waals surface area contributed by atoms with Gasteiger partial charge in [0.15, 0.2) is 0 Å². The fraction of sp³-hybridized carbons (Fsp3) is 0.875. The number of nitrogens with two attached hydrogens (primary N) is 1. The molecule has 1 rings (SSSR count). The van der Waals surface area contributed by atoms with Gasteiger partial charge in [-0.25, -0.2) is 4.79 Å². The van der Waals surface area contributed by atoms with Crippen LogP contribution in [0.5, 0.6) is 0 Å². The Kier molecular flexibility index (Phi) is 3.50. The minimum atomic E-state index is -0.337. The zero-order valence-electron chi connectivity index (χ0n) is 7.77. The molecular weight excluding hydrogens is 172 g/mol. The fourth-order valence-corrected chi connectivity index (χ4v) is 1.65. The lowest BCUT2D eigenvalue weighted by Crippen LogP contribution is -2.32. The molecule has 3 N–H and O–H groups in total. The fourth-order valence-electron chi connectivity index (χ4n) is 1.65. The first-order valence-electron chi connectivity index (χ1n) is 4.38. The van der Waals surface area contributed by atoms with Gasteiger partial charge in [0.1, 0.15) is 0 Å². The Bertz CT molecular complexity index is 186. The van der Waals surface area contributed by atoms with Crippen LogP contribution in [0.3, 0.4) is 0 Å². The molecule has 13 heavy (non-hydrogen) atoms. The van der Waals surface area contributed by atoms with E-state index in [-0.39, 0.29) is 24.7 Å². The van der Waals surface area contributed by atoms with Crippen molar-refractivity contribution < 1.29 is 14.6 Å². The lowest BCUT2D eigenvalue weighted by molar-refractivity contribution is 0.130. The molecule has 1 amide bonds. The monoisotopic (exact) mass is 188 g/mol. The molecule has 5 heteroatoms. The highest BCUT2D eigenvalue weighted by molar-refractivity contribution is 5.67. The summed E-state index contributed by atoms with van der Waals surface area (Å²) in [6, 6.07) is -0.0359. The Labute approximate surface area is 77.5 Å². The molecule has 1 saturated heterocycles. The molecule has 0 bridgehead atoms. The van der Waals surface area contributed by atoms with E-state index in [1.54, 1.807) is 4.90 Å². The maximum absolute atomic E-state index is 11.1. The number of aliphatic hydroxyl groups is 1. The zero-order valence-corrected chi connectivity index (χ0v) is 7.77. The third kappa shape index (κ3) is 2.32. The molecule has 2 atom stereocenters. The summed E-state index contributed by atoms with van der Waals surface area (Å²) in [5.41, 5.74) is 5.79. The number of nitrogens with zero attached hydrogens (tertiary/aromatic N) is 1. The molecule has 1 aliphatic rings. The molecule has 0 radical (unpaired) electrons. The third-order valence-corrected chi connectivity index (χ3v) is 2.42. The largest absolute Gasteiger partial charge is 0.453 e. The minimum Gasteiger partial charge on any atom is -0.453 e. The van der Waals surface area contributed by atoms with Gasteiger partial charge in [-0.05, 0) is 12.3 Å². The Hall–Kier alpha value is -0.810. The molecule has 1 aliphatic heterocycles. The van der Waals surface area contributed by atoms with E-state index in [9.17, 15) is 4.79 Å². The first-order chi connectivity index (χ1) is 6.19. The van der Waals surface area contributed by atoms with Crippen LogP contribution < -0.4 is 5.73 Å². The lowest BCUT2D eigenvalue weighted by Gasteiger charge is -2.13. The second-order valence-electron chi connectivity index (χ2n) is 3.31. The number of hydrogen-bond donors (Lipinski definition) is 2. The Morgan fingerprint density at radius 3 is 2.92 bits per heavy atom. The Morgan fingerprint density at radius 2 is 2.38 bits per heavy atom. The molecule has 0 aromatic carbocycles. The number of methoxy groups -OCH3 is 1. The number of amides is 1. The molecule has 5 nitrogen and oxygen atoms in total. The first-order valence-corrected chi connectivity index (χ1v) is 4.38. The predicted molar refractivity (Wildman–Crippen MR) is 47.1 cm³/mol. The maximum Gasteiger partial charge on any atom is 0.409 e. The van der Waals surface area contributed by atoms with Gasteiger partial charge < -0.3 is 20.5 Å². The van der Waals surface area contributed by atoms with Gasteiger partial charge in [0.05, 0.1) is 7.11 Å². The van der Waals surface area contributed by atoms with E-state index in [1.807, 2.05) is 0 Å². The number of carbonyl (C=O) groups excluding carboxylic acids is 1. The Balaban J connectivity index is 2.44. The summed E-state index contributed by atoms with van der Waals surface area (Å²) in [4.78, 5) is 12.7. The summed E-state index contributed by atoms with van der Waals surface area (Å²) in [5, 5.41) is 8.74. The van der Waals surface area contributed by atoms with Gasteiger partial charge in [0.25, 0.3) is 0 Å². The van der Waals surface area contributed by atoms with Crippen molar-refractivity contribution in [1.29, 1.82) is 0 Å². The van der Waals surface area contributed by atoms with Crippen LogP contribution in [-0.2, 0) is 4.74 Å². The quantitative estimate of drug-likeness (QED) is 0.606. The molecule has 0 aromatic heterocycles. The molecule has 76 valence electrons. The van der Waals surface area contributed by atoms with Crippen LogP contribution >= 0.6 is 0 Å². The number of hydrogen-bond acceptors (Lipinski definition) is 4. The van der Waals surface area contributed by atoms with Crippen molar-refractivity contribution in [3.05, 3.63) is 0 Å². The molecule has 0 aromatic rings. The van der Waals surface area contributed by atoms with Crippen molar-refractivity contribution in [2.45, 2.75) is 12.5 Å². The van der Waals surface area contributed by atoms with Gasteiger partial charge in [-0.2, -0.15) is 0 Å². The van der Waals surface area contributed by atoms with Crippen molar-refractivity contribution in [3.63, 3.8) is 0 Å². The topological polar surface area (TPSA) is 75.8 Å². The van der Waals surface area contributed by atoms with E-state index < -0.39 is 0 Å². The van der Waals surface area contributed by atoms with E-state index in [1.165, 1.54) is 7.11 Å². The van der Waals surface area contributed by atoms with Crippen molar-refractivity contribution in [3.8, 4) is 0 Å². The number of likely N-dealkylation sites (tertiary alicyclic amines) is 1. The van der Waals surface area contributed by atoms with Crippen LogP contribution in [0.25, 0.3) is 0 Å². The average Bonchev–Trinajstić information content (AvgIpc) is 2.47. The average molecular weight is 188 g/mol. The summed E-state index contributed by atoms with van der Waals surface area (Å²) in [7, 11) is 1.35. The number of aliphatic hydroxyl groups excluding tert-OH is 1. The molecule has 0 aliphatic carbocycles. The van der Waals surface area contributed by atoms with E-state index in [2.05, 4.69) is 4.74 Å². The van der Waals surface area contributed by atoms with Crippen LogP contribution in [0, 0.1) is 5.92 Å². The highest BCUT2D eigenvalue weighted by Crippen LogP contribution is 2.18. The highest BCUT2D eigenvalue weighted by atomic mass is 16.5. The number of rotatable bonds is 2. The SMILES string of the molecule is COC(=O)N1CC(N)C(CCO)C1. The van der Waals surface area contributed by atoms with Gasteiger partial charge >= 0.3 is 6.09 Å². The lowest BCUT2D eigenvalue weighted by atomic mass is 10.0. The summed E-state index contributed by atoms with van der Waals surface area (Å²) >= 11 is 0. The summed E-state index contributed by atoms with van der Waals surface area (Å²) in [6.07, 6.45) is 0.310. The van der Waals surface area contributed by atoms with Crippen LogP contribution in [0.1, 0.15) is 6.42 Å².